The van der Waals surface area contributed by atoms with E-state index in [4.69, 9.17) is 5.11 Å². The van der Waals surface area contributed by atoms with Crippen molar-refractivity contribution in [2.45, 2.75) is 32.6 Å². The first-order chi connectivity index (χ1) is 9.22. The number of aliphatic hydroxyl groups is 1. The smallest absolute Gasteiger partial charge is 0.226 e. The summed E-state index contributed by atoms with van der Waals surface area (Å²) in [7, 11) is 0. The third-order valence-electron chi connectivity index (χ3n) is 3.37. The zero-order valence-corrected chi connectivity index (χ0v) is 11.3. The van der Waals surface area contributed by atoms with Crippen LogP contribution in [0.25, 0.3) is 0 Å². The molecule has 1 aliphatic rings. The van der Waals surface area contributed by atoms with Gasteiger partial charge in [-0.25, -0.2) is 0 Å². The fourth-order valence-electron chi connectivity index (χ4n) is 2.42. The quantitative estimate of drug-likeness (QED) is 0.784. The third kappa shape index (κ3) is 3.36. The fraction of sp³-hybridized carbons (Fsp3) is 0.438. The minimum Gasteiger partial charge on any atom is -0.384 e. The van der Waals surface area contributed by atoms with Crippen molar-refractivity contribution in [3.63, 3.8) is 0 Å². The van der Waals surface area contributed by atoms with Crippen LogP contribution in [0.2, 0.25) is 0 Å². The van der Waals surface area contributed by atoms with E-state index in [1.165, 1.54) is 0 Å². The molecule has 1 N–H and O–H groups in total. The van der Waals surface area contributed by atoms with E-state index in [9.17, 15) is 4.79 Å². The third-order valence-corrected chi connectivity index (χ3v) is 3.37. The van der Waals surface area contributed by atoms with Crippen molar-refractivity contribution in [1.82, 2.24) is 0 Å². The standard InChI is InChI=1S/C16H19NO2/c1-13-12-14(6-5-11-18)8-9-15(13)17-10-4-2-3-7-16(17)19/h8-9,12,18H,2-4,7,10-11H2,1H3. The number of benzene rings is 1. The molecule has 0 bridgehead atoms. The van der Waals surface area contributed by atoms with E-state index in [1.807, 2.05) is 30.0 Å². The van der Waals surface area contributed by atoms with E-state index in [-0.39, 0.29) is 12.5 Å². The van der Waals surface area contributed by atoms with E-state index >= 15 is 0 Å². The van der Waals surface area contributed by atoms with Gasteiger partial charge in [0.25, 0.3) is 0 Å². The monoisotopic (exact) mass is 257 g/mol. The normalized spacial score (nSPS) is 15.7. The molecule has 1 saturated heterocycles. The lowest BCUT2D eigenvalue weighted by atomic mass is 10.1. The Kier molecular flexibility index (Phi) is 4.59. The second-order valence-electron chi connectivity index (χ2n) is 4.82. The SMILES string of the molecule is Cc1cc(C#CCO)ccc1N1CCCCCC1=O. The number of nitrogens with zero attached hydrogens (tertiary/aromatic N) is 1. The van der Waals surface area contributed by atoms with Gasteiger partial charge in [0, 0.05) is 24.2 Å². The molecule has 0 atom stereocenters. The molecule has 1 fully saturated rings. The van der Waals surface area contributed by atoms with Gasteiger partial charge in [-0.2, -0.15) is 0 Å². The minimum absolute atomic E-state index is 0.134. The van der Waals surface area contributed by atoms with Crippen molar-refractivity contribution in [1.29, 1.82) is 0 Å². The van der Waals surface area contributed by atoms with Crippen LogP contribution in [-0.4, -0.2) is 24.2 Å². The highest BCUT2D eigenvalue weighted by atomic mass is 16.2. The van der Waals surface area contributed by atoms with Gasteiger partial charge in [-0.15, -0.1) is 0 Å². The number of anilines is 1. The first kappa shape index (κ1) is 13.6. The Morgan fingerprint density at radius 3 is 2.89 bits per heavy atom. The van der Waals surface area contributed by atoms with Crippen molar-refractivity contribution in [2.75, 3.05) is 18.1 Å². The highest BCUT2D eigenvalue weighted by molar-refractivity contribution is 5.94. The highest BCUT2D eigenvalue weighted by Gasteiger charge is 2.19. The second kappa shape index (κ2) is 6.40. The summed E-state index contributed by atoms with van der Waals surface area (Å²) in [5.41, 5.74) is 2.92. The van der Waals surface area contributed by atoms with Crippen LogP contribution in [0.5, 0.6) is 0 Å². The molecule has 0 radical (unpaired) electrons. The number of aliphatic hydroxyl groups excluding tert-OH is 1. The average molecular weight is 257 g/mol. The van der Waals surface area contributed by atoms with Crippen molar-refractivity contribution in [2.24, 2.45) is 0 Å². The van der Waals surface area contributed by atoms with Crippen molar-refractivity contribution in [3.8, 4) is 11.8 Å². The van der Waals surface area contributed by atoms with Crippen LogP contribution in [0.4, 0.5) is 5.69 Å². The molecular formula is C16H19NO2. The molecule has 1 aromatic carbocycles. The molecule has 0 aromatic heterocycles. The molecule has 0 spiro atoms. The number of aryl methyl sites for hydroxylation is 1. The molecule has 1 heterocycles. The Balaban J connectivity index is 2.26. The molecule has 0 unspecified atom stereocenters. The van der Waals surface area contributed by atoms with Crippen LogP contribution < -0.4 is 4.90 Å². The van der Waals surface area contributed by atoms with Gasteiger partial charge in [-0.05, 0) is 43.5 Å². The summed E-state index contributed by atoms with van der Waals surface area (Å²) in [6.45, 7) is 2.67. The van der Waals surface area contributed by atoms with Crippen molar-refractivity contribution in [3.05, 3.63) is 29.3 Å². The Labute approximate surface area is 114 Å². The van der Waals surface area contributed by atoms with Crippen LogP contribution in [0.15, 0.2) is 18.2 Å². The summed E-state index contributed by atoms with van der Waals surface area (Å²) >= 11 is 0. The highest BCUT2D eigenvalue weighted by Crippen LogP contribution is 2.24. The number of amides is 1. The summed E-state index contributed by atoms with van der Waals surface area (Å²) < 4.78 is 0. The summed E-state index contributed by atoms with van der Waals surface area (Å²) in [6, 6.07) is 5.83. The number of hydrogen-bond donors (Lipinski definition) is 1. The van der Waals surface area contributed by atoms with Gasteiger partial charge >= 0.3 is 0 Å². The summed E-state index contributed by atoms with van der Waals surface area (Å²) in [6.07, 6.45) is 3.83. The number of rotatable bonds is 1. The lowest BCUT2D eigenvalue weighted by Gasteiger charge is -2.22. The Bertz CT molecular complexity index is 525. The first-order valence-electron chi connectivity index (χ1n) is 6.73. The number of hydrogen-bond acceptors (Lipinski definition) is 2. The predicted octanol–water partition coefficient (Wildman–Crippen LogP) is 2.25. The average Bonchev–Trinajstić information content (AvgIpc) is 2.61. The van der Waals surface area contributed by atoms with E-state index < -0.39 is 0 Å². The number of carbonyl (C=O) groups excluding carboxylic acids is 1. The maximum absolute atomic E-state index is 12.1. The zero-order chi connectivity index (χ0) is 13.7. The molecule has 100 valence electrons. The van der Waals surface area contributed by atoms with Crippen molar-refractivity contribution >= 4 is 11.6 Å². The topological polar surface area (TPSA) is 40.5 Å². The minimum atomic E-state index is -0.134. The molecule has 1 aromatic rings. The maximum Gasteiger partial charge on any atom is 0.226 e. The maximum atomic E-state index is 12.1. The lowest BCUT2D eigenvalue weighted by Crippen LogP contribution is -2.30. The van der Waals surface area contributed by atoms with Gasteiger partial charge in [0.1, 0.15) is 6.61 Å². The first-order valence-corrected chi connectivity index (χ1v) is 6.73. The van der Waals surface area contributed by atoms with E-state index in [0.29, 0.717) is 6.42 Å². The van der Waals surface area contributed by atoms with Crippen LogP contribution in [0, 0.1) is 18.8 Å². The molecule has 1 aliphatic heterocycles. The van der Waals surface area contributed by atoms with E-state index in [2.05, 4.69) is 11.8 Å². The number of carbonyl (C=O) groups is 1. The molecule has 3 nitrogen and oxygen atoms in total. The fourth-order valence-corrected chi connectivity index (χ4v) is 2.42. The van der Waals surface area contributed by atoms with Crippen LogP contribution in [0.1, 0.15) is 36.8 Å². The molecule has 0 aliphatic carbocycles. The van der Waals surface area contributed by atoms with Crippen LogP contribution in [0.3, 0.4) is 0 Å². The second-order valence-corrected chi connectivity index (χ2v) is 4.82. The summed E-state index contributed by atoms with van der Waals surface area (Å²) in [5, 5.41) is 8.69. The van der Waals surface area contributed by atoms with Gasteiger partial charge in [0.05, 0.1) is 0 Å². The van der Waals surface area contributed by atoms with Gasteiger partial charge < -0.3 is 10.0 Å². The predicted molar refractivity (Wildman–Crippen MR) is 76.0 cm³/mol. The Morgan fingerprint density at radius 1 is 1.32 bits per heavy atom. The zero-order valence-electron chi connectivity index (χ0n) is 11.3. The molecule has 2 rings (SSSR count). The van der Waals surface area contributed by atoms with Crippen LogP contribution >= 0.6 is 0 Å². The summed E-state index contributed by atoms with van der Waals surface area (Å²) in [4.78, 5) is 14.0. The van der Waals surface area contributed by atoms with E-state index in [1.54, 1.807) is 0 Å². The molecule has 1 amide bonds. The van der Waals surface area contributed by atoms with Gasteiger partial charge in [0.15, 0.2) is 0 Å². The lowest BCUT2D eigenvalue weighted by molar-refractivity contribution is -0.118. The van der Waals surface area contributed by atoms with E-state index in [0.717, 1.165) is 42.6 Å². The Hall–Kier alpha value is -1.79. The molecular weight excluding hydrogens is 238 g/mol. The van der Waals surface area contributed by atoms with Crippen molar-refractivity contribution < 1.29 is 9.90 Å². The summed E-state index contributed by atoms with van der Waals surface area (Å²) in [5.74, 6) is 5.74. The molecule has 19 heavy (non-hydrogen) atoms. The largest absolute Gasteiger partial charge is 0.384 e. The molecule has 0 saturated carbocycles. The Morgan fingerprint density at radius 2 is 2.16 bits per heavy atom. The molecule has 3 heteroatoms. The van der Waals surface area contributed by atoms with Gasteiger partial charge in [0.2, 0.25) is 5.91 Å². The van der Waals surface area contributed by atoms with Crippen LogP contribution in [-0.2, 0) is 4.79 Å². The van der Waals surface area contributed by atoms with Gasteiger partial charge in [-0.1, -0.05) is 18.3 Å². The van der Waals surface area contributed by atoms with Gasteiger partial charge in [-0.3, -0.25) is 4.79 Å².